The van der Waals surface area contributed by atoms with Gasteiger partial charge in [0, 0.05) is 25.6 Å². The molecular weight excluding hydrogens is 230 g/mol. The van der Waals surface area contributed by atoms with Crippen LogP contribution in [0.1, 0.15) is 39.3 Å². The molecule has 100 valence electrons. The Morgan fingerprint density at radius 1 is 1.44 bits per heavy atom. The number of ketones is 1. The van der Waals surface area contributed by atoms with Crippen molar-refractivity contribution < 1.29 is 9.59 Å². The Morgan fingerprint density at radius 3 is 2.67 bits per heavy atom. The maximum absolute atomic E-state index is 12.1. The summed E-state index contributed by atoms with van der Waals surface area (Å²) >= 11 is 0. The predicted octanol–water partition coefficient (Wildman–Crippen LogP) is 1.46. The highest BCUT2D eigenvalue weighted by molar-refractivity contribution is 6.05. The van der Waals surface area contributed by atoms with Crippen molar-refractivity contribution in [1.82, 2.24) is 15.3 Å². The molecule has 1 atom stereocenters. The number of Topliss-reactive ketones (excluding diaryl/α,β-unsaturated/α-hetero) is 1. The van der Waals surface area contributed by atoms with Crippen molar-refractivity contribution in [2.45, 2.75) is 40.0 Å². The molecule has 2 N–H and O–H groups in total. The molecule has 0 spiro atoms. The number of hydrogen-bond acceptors (Lipinski definition) is 3. The molecule has 5 nitrogen and oxygen atoms in total. The van der Waals surface area contributed by atoms with Crippen molar-refractivity contribution >= 4 is 11.7 Å². The van der Waals surface area contributed by atoms with Gasteiger partial charge in [-0.2, -0.15) is 0 Å². The highest BCUT2D eigenvalue weighted by Crippen LogP contribution is 2.24. The molecule has 5 heteroatoms. The van der Waals surface area contributed by atoms with Crippen molar-refractivity contribution in [2.75, 3.05) is 6.54 Å². The Kier molecular flexibility index (Phi) is 5.07. The molecule has 1 heterocycles. The van der Waals surface area contributed by atoms with Crippen LogP contribution >= 0.6 is 0 Å². The second-order valence-electron chi connectivity index (χ2n) is 4.53. The smallest absolute Gasteiger partial charge is 0.233 e. The van der Waals surface area contributed by atoms with Gasteiger partial charge < -0.3 is 10.3 Å². The summed E-state index contributed by atoms with van der Waals surface area (Å²) in [6.45, 7) is 5.85. The molecule has 0 aliphatic rings. The summed E-state index contributed by atoms with van der Waals surface area (Å²) in [5, 5.41) is 2.81. The van der Waals surface area contributed by atoms with Gasteiger partial charge in [0.2, 0.25) is 5.91 Å². The topological polar surface area (TPSA) is 74.8 Å². The summed E-state index contributed by atoms with van der Waals surface area (Å²) in [6, 6.07) is 0. The quantitative estimate of drug-likeness (QED) is 0.720. The largest absolute Gasteiger partial charge is 0.355 e. The summed E-state index contributed by atoms with van der Waals surface area (Å²) in [4.78, 5) is 30.8. The third-order valence-electron chi connectivity index (χ3n) is 3.37. The zero-order valence-electron chi connectivity index (χ0n) is 11.2. The number of nitrogens with zero attached hydrogens (tertiary/aromatic N) is 1. The molecule has 18 heavy (non-hydrogen) atoms. The molecule has 0 radical (unpaired) electrons. The second-order valence-corrected chi connectivity index (χ2v) is 4.53. The van der Waals surface area contributed by atoms with Crippen LogP contribution in [0.4, 0.5) is 0 Å². The first-order chi connectivity index (χ1) is 8.54. The van der Waals surface area contributed by atoms with Crippen LogP contribution in [0, 0.1) is 5.41 Å². The predicted molar refractivity (Wildman–Crippen MR) is 69.0 cm³/mol. The zero-order chi connectivity index (χ0) is 13.6. The first kappa shape index (κ1) is 14.4. The SMILES string of the molecule is CCC(=O)C(C)(CC)C(=O)NCCc1c[nH]cn1. The number of aromatic amines is 1. The Bertz CT molecular complexity index is 400. The lowest BCUT2D eigenvalue weighted by atomic mass is 9.81. The second kappa shape index (κ2) is 6.33. The number of carbonyl (C=O) groups excluding carboxylic acids is 2. The number of hydrogen-bond donors (Lipinski definition) is 2. The van der Waals surface area contributed by atoms with E-state index in [1.165, 1.54) is 0 Å². The molecule has 0 saturated carbocycles. The van der Waals surface area contributed by atoms with Crippen LogP contribution in [0.5, 0.6) is 0 Å². The highest BCUT2D eigenvalue weighted by atomic mass is 16.2. The van der Waals surface area contributed by atoms with Gasteiger partial charge in [0.15, 0.2) is 0 Å². The fourth-order valence-electron chi connectivity index (χ4n) is 1.80. The third-order valence-corrected chi connectivity index (χ3v) is 3.37. The Labute approximate surface area is 107 Å². The molecule has 1 unspecified atom stereocenters. The molecule has 0 aromatic carbocycles. The first-order valence-electron chi connectivity index (χ1n) is 6.33. The summed E-state index contributed by atoms with van der Waals surface area (Å²) in [5.41, 5.74) is -0.00401. The number of nitrogens with one attached hydrogen (secondary N) is 2. The van der Waals surface area contributed by atoms with Gasteiger partial charge in [-0.05, 0) is 13.3 Å². The summed E-state index contributed by atoms with van der Waals surface area (Å²) in [7, 11) is 0. The van der Waals surface area contributed by atoms with Crippen LogP contribution in [0.25, 0.3) is 0 Å². The average molecular weight is 251 g/mol. The Balaban J connectivity index is 2.50. The van der Waals surface area contributed by atoms with Crippen LogP contribution in [-0.2, 0) is 16.0 Å². The first-order valence-corrected chi connectivity index (χ1v) is 6.33. The minimum absolute atomic E-state index is 0.0118. The summed E-state index contributed by atoms with van der Waals surface area (Å²) in [6.07, 6.45) is 4.97. The van der Waals surface area contributed by atoms with Gasteiger partial charge in [-0.3, -0.25) is 9.59 Å². The van der Waals surface area contributed by atoms with Crippen LogP contribution in [0.15, 0.2) is 12.5 Å². The van der Waals surface area contributed by atoms with E-state index < -0.39 is 5.41 Å². The summed E-state index contributed by atoms with van der Waals surface area (Å²) < 4.78 is 0. The van der Waals surface area contributed by atoms with E-state index in [1.54, 1.807) is 26.4 Å². The van der Waals surface area contributed by atoms with Gasteiger partial charge in [0.25, 0.3) is 0 Å². The minimum atomic E-state index is -0.902. The number of H-pyrrole nitrogens is 1. The molecule has 0 saturated heterocycles. The maximum atomic E-state index is 12.1. The lowest BCUT2D eigenvalue weighted by Crippen LogP contribution is -2.44. The van der Waals surface area contributed by atoms with Crippen LogP contribution in [0.3, 0.4) is 0 Å². The number of aromatic nitrogens is 2. The number of carbonyl (C=O) groups is 2. The summed E-state index contributed by atoms with van der Waals surface area (Å²) in [5.74, 6) is -0.199. The number of amides is 1. The molecule has 0 aliphatic heterocycles. The molecule has 1 aromatic rings. The van der Waals surface area contributed by atoms with Crippen LogP contribution in [0.2, 0.25) is 0 Å². The van der Waals surface area contributed by atoms with Crippen molar-refractivity contribution in [2.24, 2.45) is 5.41 Å². The molecule has 1 aromatic heterocycles. The van der Waals surface area contributed by atoms with E-state index >= 15 is 0 Å². The Hall–Kier alpha value is -1.65. The molecular formula is C13H21N3O2. The number of imidazole rings is 1. The average Bonchev–Trinajstić information content (AvgIpc) is 2.89. The molecule has 0 bridgehead atoms. The highest BCUT2D eigenvalue weighted by Gasteiger charge is 2.37. The van der Waals surface area contributed by atoms with Gasteiger partial charge in [-0.25, -0.2) is 4.98 Å². The lowest BCUT2D eigenvalue weighted by Gasteiger charge is -2.24. The van der Waals surface area contributed by atoms with Gasteiger partial charge in [-0.15, -0.1) is 0 Å². The third kappa shape index (κ3) is 3.18. The van der Waals surface area contributed by atoms with Gasteiger partial charge >= 0.3 is 0 Å². The minimum Gasteiger partial charge on any atom is -0.355 e. The van der Waals surface area contributed by atoms with Crippen LogP contribution in [-0.4, -0.2) is 28.2 Å². The molecule has 0 fully saturated rings. The van der Waals surface area contributed by atoms with Crippen molar-refractivity contribution in [3.05, 3.63) is 18.2 Å². The fourth-order valence-corrected chi connectivity index (χ4v) is 1.80. The Morgan fingerprint density at radius 2 is 2.17 bits per heavy atom. The van der Waals surface area contributed by atoms with Gasteiger partial charge in [0.1, 0.15) is 11.2 Å². The van der Waals surface area contributed by atoms with E-state index in [4.69, 9.17) is 0 Å². The van der Waals surface area contributed by atoms with Crippen molar-refractivity contribution in [1.29, 1.82) is 0 Å². The van der Waals surface area contributed by atoms with Gasteiger partial charge in [-0.1, -0.05) is 13.8 Å². The van der Waals surface area contributed by atoms with E-state index in [9.17, 15) is 9.59 Å². The number of rotatable bonds is 7. The van der Waals surface area contributed by atoms with Crippen molar-refractivity contribution in [3.63, 3.8) is 0 Å². The lowest BCUT2D eigenvalue weighted by molar-refractivity contribution is -0.141. The van der Waals surface area contributed by atoms with E-state index in [0.717, 1.165) is 5.69 Å². The van der Waals surface area contributed by atoms with E-state index in [-0.39, 0.29) is 11.7 Å². The maximum Gasteiger partial charge on any atom is 0.233 e. The zero-order valence-corrected chi connectivity index (χ0v) is 11.2. The van der Waals surface area contributed by atoms with E-state index in [1.807, 2.05) is 6.92 Å². The standard InChI is InChI=1S/C13H21N3O2/c1-4-11(17)13(3,5-2)12(18)15-7-6-10-8-14-9-16-10/h8-9H,4-7H2,1-3H3,(H,14,16)(H,15,18). The molecule has 0 aliphatic carbocycles. The van der Waals surface area contributed by atoms with E-state index in [2.05, 4.69) is 15.3 Å². The van der Waals surface area contributed by atoms with E-state index in [0.29, 0.717) is 25.8 Å². The van der Waals surface area contributed by atoms with Crippen LogP contribution < -0.4 is 5.32 Å². The monoisotopic (exact) mass is 251 g/mol. The normalized spacial score (nSPS) is 13.9. The fraction of sp³-hybridized carbons (Fsp3) is 0.615. The van der Waals surface area contributed by atoms with Crippen molar-refractivity contribution in [3.8, 4) is 0 Å². The molecule has 1 amide bonds. The molecule has 1 rings (SSSR count). The van der Waals surface area contributed by atoms with Gasteiger partial charge in [0.05, 0.1) is 12.0 Å².